The number of rotatable bonds is 6. The molecule has 2 aromatic rings. The first-order valence-corrected chi connectivity index (χ1v) is 8.96. The summed E-state index contributed by atoms with van der Waals surface area (Å²) in [6, 6.07) is 6.14. The topological polar surface area (TPSA) is 53.6 Å². The highest BCUT2D eigenvalue weighted by Gasteiger charge is 2.29. The highest BCUT2D eigenvalue weighted by Crippen LogP contribution is 2.36. The molecule has 0 radical (unpaired) electrons. The number of hydrogen-bond donors (Lipinski definition) is 2. The maximum absolute atomic E-state index is 14.1. The van der Waals surface area contributed by atoms with E-state index in [0.29, 0.717) is 24.8 Å². The van der Waals surface area contributed by atoms with Crippen LogP contribution in [-0.2, 0) is 6.54 Å². The number of hydrogen-bond acceptors (Lipinski definition) is 4. The summed E-state index contributed by atoms with van der Waals surface area (Å²) in [6.07, 6.45) is 0. The Balaban J connectivity index is 2.01. The van der Waals surface area contributed by atoms with E-state index in [4.69, 9.17) is 4.74 Å². The fraction of sp³-hybridized carbons (Fsp3) is 0.350. The van der Waals surface area contributed by atoms with Gasteiger partial charge in [0.2, 0.25) is 0 Å². The summed E-state index contributed by atoms with van der Waals surface area (Å²) in [5.41, 5.74) is 3.22. The smallest absolute Gasteiger partial charge is 0.255 e. The van der Waals surface area contributed by atoms with E-state index in [2.05, 4.69) is 10.7 Å². The predicted octanol–water partition coefficient (Wildman–Crippen LogP) is 4.08. The van der Waals surface area contributed by atoms with E-state index in [1.807, 2.05) is 0 Å². The Kier molecular flexibility index (Phi) is 5.51. The van der Waals surface area contributed by atoms with E-state index in [-0.39, 0.29) is 23.6 Å². The van der Waals surface area contributed by atoms with Crippen LogP contribution in [0, 0.1) is 11.6 Å². The third kappa shape index (κ3) is 4.39. The van der Waals surface area contributed by atoms with Crippen molar-refractivity contribution in [2.45, 2.75) is 33.0 Å². The number of amides is 1. The molecule has 0 saturated heterocycles. The van der Waals surface area contributed by atoms with Crippen LogP contribution in [0.15, 0.2) is 30.3 Å². The molecule has 0 atom stereocenters. The molecule has 3 rings (SSSR count). The number of nitrogens with zero attached hydrogens (tertiary/aromatic N) is 1. The van der Waals surface area contributed by atoms with Crippen molar-refractivity contribution < 1.29 is 22.7 Å². The summed E-state index contributed by atoms with van der Waals surface area (Å²) in [7, 11) is 0. The van der Waals surface area contributed by atoms with Gasteiger partial charge >= 0.3 is 0 Å². The zero-order chi connectivity index (χ0) is 20.5. The Morgan fingerprint density at radius 2 is 2.00 bits per heavy atom. The average molecular weight is 393 g/mol. The molecule has 0 saturated carbocycles. The van der Waals surface area contributed by atoms with Gasteiger partial charge in [-0.05, 0) is 50.6 Å². The lowest BCUT2D eigenvalue weighted by Gasteiger charge is -2.26. The third-order valence-corrected chi connectivity index (χ3v) is 4.16. The van der Waals surface area contributed by atoms with E-state index in [9.17, 15) is 18.0 Å². The first kappa shape index (κ1) is 20.0. The second kappa shape index (κ2) is 7.71. The molecule has 0 aliphatic carbocycles. The number of benzene rings is 2. The van der Waals surface area contributed by atoms with E-state index >= 15 is 0 Å². The zero-order valence-corrected chi connectivity index (χ0v) is 15.9. The molecule has 0 spiro atoms. The van der Waals surface area contributed by atoms with E-state index in [0.717, 1.165) is 17.7 Å². The third-order valence-electron chi connectivity index (χ3n) is 4.16. The quantitative estimate of drug-likeness (QED) is 0.777. The summed E-state index contributed by atoms with van der Waals surface area (Å²) in [6.45, 7) is 5.58. The number of ether oxygens (including phenoxy) is 1. The number of carbonyl (C=O) groups is 1. The van der Waals surface area contributed by atoms with Gasteiger partial charge in [-0.15, -0.1) is 0 Å². The molecule has 0 unspecified atom stereocenters. The molecule has 0 fully saturated rings. The Bertz CT molecular complexity index is 897. The molecular weight excluding hydrogens is 371 g/mol. The van der Waals surface area contributed by atoms with Crippen molar-refractivity contribution in [1.82, 2.24) is 10.7 Å². The first-order chi connectivity index (χ1) is 13.2. The molecule has 1 amide bonds. The van der Waals surface area contributed by atoms with Crippen molar-refractivity contribution in [1.29, 1.82) is 0 Å². The minimum Gasteiger partial charge on any atom is -0.453 e. The second-order valence-corrected chi connectivity index (χ2v) is 7.15. The van der Waals surface area contributed by atoms with Crippen LogP contribution in [0.25, 0.3) is 0 Å². The zero-order valence-electron chi connectivity index (χ0n) is 15.9. The molecule has 0 aromatic heterocycles. The number of halogens is 3. The minimum absolute atomic E-state index is 0.0850. The van der Waals surface area contributed by atoms with Gasteiger partial charge in [0.15, 0.2) is 11.6 Å². The molecule has 5 nitrogen and oxygen atoms in total. The highest BCUT2D eigenvalue weighted by atomic mass is 19.1. The van der Waals surface area contributed by atoms with Crippen LogP contribution in [-0.4, -0.2) is 24.7 Å². The van der Waals surface area contributed by atoms with E-state index in [1.54, 1.807) is 24.1 Å². The number of fused-ring (bicyclic) bond motifs is 1. The fourth-order valence-corrected chi connectivity index (χ4v) is 2.98. The maximum atomic E-state index is 14.1. The molecule has 0 bridgehead atoms. The Hall–Kier alpha value is -2.74. The number of nitrogens with one attached hydrogen (secondary N) is 2. The summed E-state index contributed by atoms with van der Waals surface area (Å²) < 4.78 is 46.9. The lowest BCUT2D eigenvalue weighted by atomic mass is 10.1. The lowest BCUT2D eigenvalue weighted by molar-refractivity contribution is 0.0953. The van der Waals surface area contributed by atoms with Crippen LogP contribution in [0.4, 0.5) is 18.9 Å². The van der Waals surface area contributed by atoms with Gasteiger partial charge in [0.25, 0.3) is 5.91 Å². The molecule has 150 valence electrons. The molecule has 28 heavy (non-hydrogen) atoms. The van der Waals surface area contributed by atoms with Crippen molar-refractivity contribution >= 4 is 11.6 Å². The molecule has 1 aliphatic heterocycles. The highest BCUT2D eigenvalue weighted by molar-refractivity contribution is 5.98. The van der Waals surface area contributed by atoms with Crippen LogP contribution in [0.5, 0.6) is 11.5 Å². The normalized spacial score (nSPS) is 13.4. The summed E-state index contributed by atoms with van der Waals surface area (Å²) in [4.78, 5) is 12.5. The van der Waals surface area contributed by atoms with Crippen LogP contribution < -0.4 is 20.5 Å². The number of anilines is 1. The predicted molar refractivity (Wildman–Crippen MR) is 100 cm³/mol. The molecule has 2 N–H and O–H groups in total. The Labute approximate surface area is 161 Å². The number of carbonyl (C=O) groups excluding carboxylic acids is 1. The summed E-state index contributed by atoms with van der Waals surface area (Å²) >= 11 is 0. The first-order valence-electron chi connectivity index (χ1n) is 8.96. The van der Waals surface area contributed by atoms with Gasteiger partial charge in [-0.1, -0.05) is 0 Å². The SMILES string of the molecule is CCNC(=O)c1cc2c(cc1Oc1ccc(F)cc1F)CNN2CC(C)(C)F. The van der Waals surface area contributed by atoms with Crippen LogP contribution in [0.1, 0.15) is 36.7 Å². The van der Waals surface area contributed by atoms with E-state index in [1.165, 1.54) is 13.8 Å². The monoisotopic (exact) mass is 393 g/mol. The number of alkyl halides is 1. The van der Waals surface area contributed by atoms with Crippen LogP contribution >= 0.6 is 0 Å². The lowest BCUT2D eigenvalue weighted by Crippen LogP contribution is -2.41. The molecule has 2 aromatic carbocycles. The van der Waals surface area contributed by atoms with Crippen LogP contribution in [0.2, 0.25) is 0 Å². The van der Waals surface area contributed by atoms with Crippen molar-refractivity contribution in [2.24, 2.45) is 0 Å². The molecule has 1 aliphatic rings. The van der Waals surface area contributed by atoms with Gasteiger partial charge in [-0.25, -0.2) is 18.6 Å². The van der Waals surface area contributed by atoms with Crippen molar-refractivity contribution in [2.75, 3.05) is 18.1 Å². The van der Waals surface area contributed by atoms with Gasteiger partial charge in [-0.2, -0.15) is 0 Å². The standard InChI is InChI=1S/C20H22F3N3O2/c1-4-24-19(27)14-9-16-12(10-25-26(16)11-20(2,3)23)7-18(14)28-17-6-5-13(21)8-15(17)22/h5-9,25H,4,10-11H2,1-3H3,(H,24,27). The minimum atomic E-state index is -1.45. The average Bonchev–Trinajstić information content (AvgIpc) is 2.97. The van der Waals surface area contributed by atoms with Gasteiger partial charge in [0.05, 0.1) is 17.8 Å². The second-order valence-electron chi connectivity index (χ2n) is 7.15. The van der Waals surface area contributed by atoms with Gasteiger partial charge in [-0.3, -0.25) is 4.79 Å². The fourth-order valence-electron chi connectivity index (χ4n) is 2.98. The van der Waals surface area contributed by atoms with Crippen molar-refractivity contribution in [3.8, 4) is 11.5 Å². The molecule has 1 heterocycles. The van der Waals surface area contributed by atoms with Crippen molar-refractivity contribution in [3.63, 3.8) is 0 Å². The summed E-state index contributed by atoms with van der Waals surface area (Å²) in [5, 5.41) is 4.32. The van der Waals surface area contributed by atoms with Gasteiger partial charge < -0.3 is 15.1 Å². The number of hydrazine groups is 1. The van der Waals surface area contributed by atoms with E-state index < -0.39 is 23.2 Å². The maximum Gasteiger partial charge on any atom is 0.255 e. The van der Waals surface area contributed by atoms with Crippen LogP contribution in [0.3, 0.4) is 0 Å². The van der Waals surface area contributed by atoms with Crippen molar-refractivity contribution in [3.05, 3.63) is 53.1 Å². The largest absolute Gasteiger partial charge is 0.453 e. The summed E-state index contributed by atoms with van der Waals surface area (Å²) in [5.74, 6) is -2.06. The Morgan fingerprint density at radius 3 is 2.64 bits per heavy atom. The molecule has 8 heteroatoms. The van der Waals surface area contributed by atoms with Gasteiger partial charge in [0, 0.05) is 19.2 Å². The Morgan fingerprint density at radius 1 is 1.25 bits per heavy atom. The van der Waals surface area contributed by atoms with Gasteiger partial charge in [0.1, 0.15) is 17.2 Å². The molecular formula is C20H22F3N3O2.